The summed E-state index contributed by atoms with van der Waals surface area (Å²) in [5.41, 5.74) is 1.41. The summed E-state index contributed by atoms with van der Waals surface area (Å²) >= 11 is 0. The lowest BCUT2D eigenvalue weighted by atomic mass is 10.1. The molecule has 0 saturated carbocycles. The maximum absolute atomic E-state index is 13.0. The largest absolute Gasteiger partial charge is 0.377 e. The van der Waals surface area contributed by atoms with E-state index in [1.54, 1.807) is 16.9 Å². The van der Waals surface area contributed by atoms with E-state index < -0.39 is 5.95 Å². The number of nitrogens with one attached hydrogen (secondary N) is 2. The molecule has 176 valence electrons. The Labute approximate surface area is 195 Å². The Morgan fingerprint density at radius 1 is 1.26 bits per heavy atom. The summed E-state index contributed by atoms with van der Waals surface area (Å²) in [6, 6.07) is 6.60. The normalized spacial score (nSPS) is 15.9. The Balaban J connectivity index is 1.36. The van der Waals surface area contributed by atoms with Crippen molar-refractivity contribution < 1.29 is 9.18 Å². The molecular formula is C23H26FN9O. The highest BCUT2D eigenvalue weighted by atomic mass is 19.1. The molecule has 0 bridgehead atoms. The van der Waals surface area contributed by atoms with Crippen molar-refractivity contribution in [2.75, 3.05) is 28.6 Å². The number of nitrogens with zero attached hydrogens (tertiary/aromatic N) is 7. The van der Waals surface area contributed by atoms with Crippen molar-refractivity contribution in [2.24, 2.45) is 0 Å². The Hall–Kier alpha value is -4.02. The average Bonchev–Trinajstić information content (AvgIpc) is 3.58. The summed E-state index contributed by atoms with van der Waals surface area (Å²) in [6.45, 7) is 4.97. The van der Waals surface area contributed by atoms with E-state index in [4.69, 9.17) is 4.98 Å². The van der Waals surface area contributed by atoms with Gasteiger partial charge in [0.1, 0.15) is 11.3 Å². The Morgan fingerprint density at radius 2 is 2.15 bits per heavy atom. The van der Waals surface area contributed by atoms with E-state index in [2.05, 4.69) is 39.5 Å². The topological polar surface area (TPSA) is 105 Å². The van der Waals surface area contributed by atoms with Gasteiger partial charge in [-0.3, -0.25) is 4.79 Å². The molecule has 34 heavy (non-hydrogen) atoms. The molecule has 11 heteroatoms. The number of carbonyl (C=O) groups is 1. The summed E-state index contributed by atoms with van der Waals surface area (Å²) in [4.78, 5) is 27.8. The Morgan fingerprint density at radius 3 is 2.91 bits per heavy atom. The van der Waals surface area contributed by atoms with Crippen molar-refractivity contribution in [2.45, 2.75) is 38.8 Å². The van der Waals surface area contributed by atoms with E-state index in [0.717, 1.165) is 18.4 Å². The zero-order valence-corrected chi connectivity index (χ0v) is 19.0. The number of fused-ring (bicyclic) bond motifs is 1. The van der Waals surface area contributed by atoms with Crippen LogP contribution in [0.3, 0.4) is 0 Å². The van der Waals surface area contributed by atoms with Gasteiger partial charge in [-0.05, 0) is 51.0 Å². The highest BCUT2D eigenvalue weighted by Crippen LogP contribution is 2.27. The number of rotatable bonds is 8. The molecular weight excluding hydrogens is 437 g/mol. The standard InChI is InChI=1S/C23H26FN9O/c1-15(2)31-13-21(27-14-31)28-22-18-6-4-10-33(18)30-23(29-22)32-9-3-5-17(32)19(34)12-25-16-7-8-20(24)26-11-16/h4,6-8,10-11,13-15,17,25H,3,5,9,12H2,1-2H3,(H,28,29,30). The lowest BCUT2D eigenvalue weighted by Crippen LogP contribution is -2.40. The SMILES string of the molecule is CC(C)n1cnc(Nc2nc(N3CCCC3C(=O)CNc3ccc(F)nc3)nn3cccc23)c1. The maximum Gasteiger partial charge on any atom is 0.246 e. The number of Topliss-reactive ketones (excluding diaryl/α,β-unsaturated/α-hetero) is 1. The van der Waals surface area contributed by atoms with Crippen LogP contribution in [-0.4, -0.2) is 54.0 Å². The number of hydrogen-bond acceptors (Lipinski definition) is 8. The second kappa shape index (κ2) is 9.08. The number of imidazole rings is 1. The van der Waals surface area contributed by atoms with Gasteiger partial charge < -0.3 is 20.1 Å². The first-order valence-corrected chi connectivity index (χ1v) is 11.3. The van der Waals surface area contributed by atoms with Crippen molar-refractivity contribution in [1.82, 2.24) is 29.1 Å². The van der Waals surface area contributed by atoms with Crippen LogP contribution < -0.4 is 15.5 Å². The lowest BCUT2D eigenvalue weighted by Gasteiger charge is -2.24. The van der Waals surface area contributed by atoms with Gasteiger partial charge in [-0.1, -0.05) is 0 Å². The fourth-order valence-electron chi connectivity index (χ4n) is 4.07. The van der Waals surface area contributed by atoms with Crippen LogP contribution in [0.5, 0.6) is 0 Å². The molecule has 0 aliphatic carbocycles. The van der Waals surface area contributed by atoms with E-state index in [-0.39, 0.29) is 18.4 Å². The van der Waals surface area contributed by atoms with E-state index in [1.165, 1.54) is 12.3 Å². The first-order valence-electron chi connectivity index (χ1n) is 11.3. The van der Waals surface area contributed by atoms with Gasteiger partial charge in [0.2, 0.25) is 11.9 Å². The van der Waals surface area contributed by atoms with Gasteiger partial charge >= 0.3 is 0 Å². The Kier molecular flexibility index (Phi) is 5.83. The third-order valence-corrected chi connectivity index (χ3v) is 5.90. The summed E-state index contributed by atoms with van der Waals surface area (Å²) in [6.07, 6.45) is 8.53. The van der Waals surface area contributed by atoms with Crippen molar-refractivity contribution >= 4 is 34.6 Å². The van der Waals surface area contributed by atoms with Crippen LogP contribution in [-0.2, 0) is 4.79 Å². The molecule has 4 aromatic heterocycles. The van der Waals surface area contributed by atoms with Crippen LogP contribution in [0.15, 0.2) is 49.2 Å². The van der Waals surface area contributed by atoms with Crippen LogP contribution in [0, 0.1) is 5.95 Å². The van der Waals surface area contributed by atoms with E-state index in [0.29, 0.717) is 35.9 Å². The first kappa shape index (κ1) is 21.8. The molecule has 1 aliphatic rings. The fourth-order valence-corrected chi connectivity index (χ4v) is 4.07. The van der Waals surface area contributed by atoms with Gasteiger partial charge in [-0.2, -0.15) is 9.37 Å². The zero-order chi connectivity index (χ0) is 23.7. The van der Waals surface area contributed by atoms with E-state index >= 15 is 0 Å². The molecule has 0 radical (unpaired) electrons. The van der Waals surface area contributed by atoms with Gasteiger partial charge in [0.05, 0.1) is 30.8 Å². The minimum atomic E-state index is -0.559. The highest BCUT2D eigenvalue weighted by Gasteiger charge is 2.33. The predicted molar refractivity (Wildman–Crippen MR) is 127 cm³/mol. The molecule has 4 aromatic rings. The molecule has 2 N–H and O–H groups in total. The molecule has 1 aliphatic heterocycles. The number of carbonyl (C=O) groups excluding carboxylic acids is 1. The Bertz CT molecular complexity index is 1300. The lowest BCUT2D eigenvalue weighted by molar-refractivity contribution is -0.118. The smallest absolute Gasteiger partial charge is 0.246 e. The predicted octanol–water partition coefficient (Wildman–Crippen LogP) is 3.43. The maximum atomic E-state index is 13.0. The highest BCUT2D eigenvalue weighted by molar-refractivity contribution is 5.91. The minimum absolute atomic E-state index is 0.0169. The summed E-state index contributed by atoms with van der Waals surface area (Å²) in [7, 11) is 0. The third kappa shape index (κ3) is 4.41. The molecule has 0 amide bonds. The molecule has 1 atom stereocenters. The number of hydrogen-bond donors (Lipinski definition) is 2. The molecule has 1 unspecified atom stereocenters. The molecule has 0 aromatic carbocycles. The van der Waals surface area contributed by atoms with Crippen molar-refractivity contribution in [3.05, 3.63) is 55.1 Å². The van der Waals surface area contributed by atoms with Gasteiger partial charge in [-0.15, -0.1) is 5.10 Å². The second-order valence-electron chi connectivity index (χ2n) is 8.56. The summed E-state index contributed by atoms with van der Waals surface area (Å²) < 4.78 is 16.8. The van der Waals surface area contributed by atoms with Crippen LogP contribution in [0.2, 0.25) is 0 Å². The van der Waals surface area contributed by atoms with Gasteiger partial charge in [0, 0.05) is 25.0 Å². The summed E-state index contributed by atoms with van der Waals surface area (Å²) in [5.74, 6) is 1.25. The number of ketones is 1. The van der Waals surface area contributed by atoms with Gasteiger partial charge in [-0.25, -0.2) is 14.5 Å². The van der Waals surface area contributed by atoms with Crippen molar-refractivity contribution in [1.29, 1.82) is 0 Å². The average molecular weight is 464 g/mol. The number of aromatic nitrogens is 6. The van der Waals surface area contributed by atoms with Crippen LogP contribution >= 0.6 is 0 Å². The van der Waals surface area contributed by atoms with Crippen LogP contribution in [0.25, 0.3) is 5.52 Å². The first-order chi connectivity index (χ1) is 16.5. The van der Waals surface area contributed by atoms with Crippen molar-refractivity contribution in [3.8, 4) is 0 Å². The van der Waals surface area contributed by atoms with Crippen molar-refractivity contribution in [3.63, 3.8) is 0 Å². The molecule has 0 spiro atoms. The monoisotopic (exact) mass is 463 g/mol. The van der Waals surface area contributed by atoms with Gasteiger partial charge in [0.25, 0.3) is 0 Å². The van der Waals surface area contributed by atoms with E-state index in [1.807, 2.05) is 34.0 Å². The fraction of sp³-hybridized carbons (Fsp3) is 0.348. The number of halogens is 1. The summed E-state index contributed by atoms with van der Waals surface area (Å²) in [5, 5.41) is 11.0. The van der Waals surface area contributed by atoms with Crippen LogP contribution in [0.4, 0.5) is 27.7 Å². The zero-order valence-electron chi connectivity index (χ0n) is 19.0. The minimum Gasteiger partial charge on any atom is -0.377 e. The molecule has 10 nitrogen and oxygen atoms in total. The van der Waals surface area contributed by atoms with Crippen LogP contribution in [0.1, 0.15) is 32.7 Å². The molecule has 5 rings (SSSR count). The quantitative estimate of drug-likeness (QED) is 0.383. The number of anilines is 4. The molecule has 1 fully saturated rings. The molecule has 1 saturated heterocycles. The molecule has 5 heterocycles. The second-order valence-corrected chi connectivity index (χ2v) is 8.56. The van der Waals surface area contributed by atoms with E-state index in [9.17, 15) is 9.18 Å². The third-order valence-electron chi connectivity index (χ3n) is 5.90. The van der Waals surface area contributed by atoms with Gasteiger partial charge in [0.15, 0.2) is 11.6 Å². The number of pyridine rings is 1.